The number of anilines is 1. The molecule has 172 valence electrons. The van der Waals surface area contributed by atoms with Crippen molar-refractivity contribution in [2.45, 2.75) is 29.5 Å². The van der Waals surface area contributed by atoms with Crippen LogP contribution in [0.15, 0.2) is 58.4 Å². The van der Waals surface area contributed by atoms with Crippen LogP contribution in [0.3, 0.4) is 0 Å². The van der Waals surface area contributed by atoms with Gasteiger partial charge in [0.05, 0.1) is 22.5 Å². The molecular formula is C26H22N2O4S2. The van der Waals surface area contributed by atoms with Crippen molar-refractivity contribution < 1.29 is 14.7 Å². The number of carbonyl (C=O) groups is 2. The summed E-state index contributed by atoms with van der Waals surface area (Å²) in [5, 5.41) is 10.9. The van der Waals surface area contributed by atoms with Crippen LogP contribution in [0, 0.1) is 36.5 Å². The van der Waals surface area contributed by atoms with Crippen molar-refractivity contribution in [3.8, 4) is 5.75 Å². The summed E-state index contributed by atoms with van der Waals surface area (Å²) in [6.45, 7) is 1.99. The number of rotatable bonds is 2. The van der Waals surface area contributed by atoms with E-state index in [1.54, 1.807) is 23.9 Å². The maximum Gasteiger partial charge on any atom is 0.305 e. The highest BCUT2D eigenvalue weighted by Gasteiger charge is 2.69. The standard InChI is InChI=1S/C26H22N2O4S2/c1-11-2-6-13(7-3-11)28-24(30)19-15-10-16(20(19)25(28)31)21-18(15)17(12-4-8-14(29)9-5-12)22-23(33-21)27-26(32)34-22/h2-9,15-21,29H,10H2,1H3,(H,27,32)/t15-,16+,17+,18+,19-,20+,21-/m1/s1. The topological polar surface area (TPSA) is 90.5 Å². The average Bonchev–Trinajstić information content (AvgIpc) is 3.54. The van der Waals surface area contributed by atoms with Crippen molar-refractivity contribution in [1.29, 1.82) is 0 Å². The Labute approximate surface area is 204 Å². The van der Waals surface area contributed by atoms with E-state index in [2.05, 4.69) is 4.98 Å². The summed E-state index contributed by atoms with van der Waals surface area (Å²) < 4.78 is 0. The molecule has 3 fully saturated rings. The van der Waals surface area contributed by atoms with Crippen molar-refractivity contribution in [3.05, 3.63) is 74.2 Å². The van der Waals surface area contributed by atoms with Gasteiger partial charge < -0.3 is 10.1 Å². The van der Waals surface area contributed by atoms with Gasteiger partial charge >= 0.3 is 4.87 Å². The van der Waals surface area contributed by atoms with Gasteiger partial charge in [-0.25, -0.2) is 0 Å². The van der Waals surface area contributed by atoms with Gasteiger partial charge in [-0.15, -0.1) is 11.8 Å². The third kappa shape index (κ3) is 2.66. The van der Waals surface area contributed by atoms with E-state index in [-0.39, 0.29) is 63.2 Å². The lowest BCUT2D eigenvalue weighted by molar-refractivity contribution is -0.123. The van der Waals surface area contributed by atoms with Crippen LogP contribution in [0.5, 0.6) is 5.75 Å². The zero-order valence-corrected chi connectivity index (χ0v) is 19.9. The second-order valence-electron chi connectivity index (χ2n) is 9.90. The van der Waals surface area contributed by atoms with Crippen LogP contribution < -0.4 is 9.77 Å². The maximum atomic E-state index is 13.7. The lowest BCUT2D eigenvalue weighted by atomic mass is 9.68. The van der Waals surface area contributed by atoms with Gasteiger partial charge in [-0.1, -0.05) is 41.2 Å². The van der Waals surface area contributed by atoms with Crippen molar-refractivity contribution in [2.24, 2.45) is 29.6 Å². The number of benzene rings is 2. The number of nitrogens with zero attached hydrogens (tertiary/aromatic N) is 1. The minimum atomic E-state index is -0.308. The number of thiazole rings is 1. The summed E-state index contributed by atoms with van der Waals surface area (Å²) in [6, 6.07) is 14.8. The number of fused-ring (bicyclic) bond motifs is 9. The minimum absolute atomic E-state index is 0.0296. The molecule has 1 aromatic heterocycles. The molecule has 4 aliphatic rings. The van der Waals surface area contributed by atoms with Crippen LogP contribution in [0.25, 0.3) is 0 Å². The first-order chi connectivity index (χ1) is 16.4. The number of aromatic nitrogens is 1. The van der Waals surface area contributed by atoms with Crippen LogP contribution in [0.2, 0.25) is 0 Å². The Balaban J connectivity index is 1.32. The van der Waals surface area contributed by atoms with E-state index in [9.17, 15) is 19.5 Å². The number of aryl methyl sites for hydroxylation is 1. The summed E-state index contributed by atoms with van der Waals surface area (Å²) >= 11 is 2.93. The van der Waals surface area contributed by atoms with Gasteiger partial charge in [-0.05, 0) is 60.9 Å². The summed E-state index contributed by atoms with van der Waals surface area (Å²) in [6.07, 6.45) is 0.866. The van der Waals surface area contributed by atoms with Crippen molar-refractivity contribution in [2.75, 3.05) is 4.90 Å². The Kier molecular flexibility index (Phi) is 4.28. The molecule has 7 atom stereocenters. The largest absolute Gasteiger partial charge is 0.508 e. The van der Waals surface area contributed by atoms with Gasteiger partial charge in [-0.3, -0.25) is 19.3 Å². The summed E-state index contributed by atoms with van der Waals surface area (Å²) in [7, 11) is 0. The van der Waals surface area contributed by atoms with Crippen molar-refractivity contribution in [3.63, 3.8) is 0 Å². The molecule has 6 nitrogen and oxygen atoms in total. The molecule has 7 rings (SSSR count). The number of nitrogens with one attached hydrogen (secondary N) is 1. The Morgan fingerprint density at radius 1 is 0.941 bits per heavy atom. The second-order valence-corrected chi connectivity index (χ2v) is 12.1. The molecule has 2 aliphatic carbocycles. The number of hydrogen-bond acceptors (Lipinski definition) is 6. The lowest BCUT2D eigenvalue weighted by Gasteiger charge is -2.43. The highest BCUT2D eigenvalue weighted by atomic mass is 32.2. The summed E-state index contributed by atoms with van der Waals surface area (Å²) in [4.78, 5) is 45.0. The molecule has 0 radical (unpaired) electrons. The first-order valence-electron chi connectivity index (χ1n) is 11.6. The zero-order valence-electron chi connectivity index (χ0n) is 18.3. The highest BCUT2D eigenvalue weighted by molar-refractivity contribution is 8.00. The predicted octanol–water partition coefficient (Wildman–Crippen LogP) is 4.13. The molecular weight excluding hydrogens is 468 g/mol. The molecule has 1 saturated heterocycles. The molecule has 2 saturated carbocycles. The first-order valence-corrected chi connectivity index (χ1v) is 13.2. The molecule has 34 heavy (non-hydrogen) atoms. The predicted molar refractivity (Wildman–Crippen MR) is 130 cm³/mol. The van der Waals surface area contributed by atoms with Crippen LogP contribution in [-0.2, 0) is 9.59 Å². The molecule has 2 aromatic carbocycles. The fourth-order valence-electron chi connectivity index (χ4n) is 7.02. The molecule has 8 heteroatoms. The van der Waals surface area contributed by atoms with Gasteiger partial charge in [0, 0.05) is 16.0 Å². The quantitative estimate of drug-likeness (QED) is 0.527. The van der Waals surface area contributed by atoms with Gasteiger partial charge in [0.25, 0.3) is 0 Å². The van der Waals surface area contributed by atoms with Gasteiger partial charge in [0.2, 0.25) is 11.8 Å². The number of carbonyl (C=O) groups excluding carboxylic acids is 2. The monoisotopic (exact) mass is 490 g/mol. The van der Waals surface area contributed by atoms with Crippen LogP contribution in [-0.4, -0.2) is 27.2 Å². The Morgan fingerprint density at radius 3 is 2.32 bits per heavy atom. The van der Waals surface area contributed by atoms with E-state index in [1.807, 2.05) is 43.3 Å². The van der Waals surface area contributed by atoms with E-state index in [0.717, 1.165) is 27.5 Å². The third-order valence-corrected chi connectivity index (χ3v) is 10.9. The number of thioether (sulfide) groups is 1. The van der Waals surface area contributed by atoms with E-state index in [0.29, 0.717) is 5.69 Å². The van der Waals surface area contributed by atoms with Crippen LogP contribution in [0.4, 0.5) is 5.69 Å². The number of aromatic hydroxyl groups is 1. The molecule has 3 aromatic rings. The van der Waals surface area contributed by atoms with Gasteiger partial charge in [-0.2, -0.15) is 0 Å². The Hall–Kier alpha value is -2.84. The molecule has 2 amide bonds. The smallest absolute Gasteiger partial charge is 0.305 e. The Morgan fingerprint density at radius 2 is 1.62 bits per heavy atom. The summed E-state index contributed by atoms with van der Waals surface area (Å²) in [5.74, 6) is -0.226. The molecule has 0 spiro atoms. The van der Waals surface area contributed by atoms with Gasteiger partial charge in [0.1, 0.15) is 5.75 Å². The number of phenolic OH excluding ortho intramolecular Hbond substituents is 1. The molecule has 2 bridgehead atoms. The fourth-order valence-corrected chi connectivity index (χ4v) is 9.91. The third-order valence-electron chi connectivity index (χ3n) is 8.27. The van der Waals surface area contributed by atoms with Gasteiger partial charge in [0.15, 0.2) is 0 Å². The second kappa shape index (κ2) is 7.09. The SMILES string of the molecule is Cc1ccc(N2C(=O)[C@@H]3[C@@H]4C[C@H]([C@H]5Sc6[nH]c(=O)sc6[C@@H](c6ccc(O)cc6)[C@H]45)[C@@H]3C2=O)cc1. The number of hydrogen-bond donors (Lipinski definition) is 2. The fraction of sp³-hybridized carbons (Fsp3) is 0.346. The number of H-pyrrole nitrogens is 1. The van der Waals surface area contributed by atoms with E-state index < -0.39 is 0 Å². The number of aromatic amines is 1. The van der Waals surface area contributed by atoms with E-state index in [1.165, 1.54) is 16.2 Å². The summed E-state index contributed by atoms with van der Waals surface area (Å²) in [5.41, 5.74) is 2.78. The normalized spacial score (nSPS) is 33.2. The Bertz CT molecular complexity index is 1390. The van der Waals surface area contributed by atoms with E-state index in [4.69, 9.17) is 0 Å². The average molecular weight is 491 g/mol. The van der Waals surface area contributed by atoms with Crippen molar-refractivity contribution >= 4 is 40.6 Å². The lowest BCUT2D eigenvalue weighted by Crippen LogP contribution is -2.42. The van der Waals surface area contributed by atoms with Crippen LogP contribution >= 0.6 is 23.1 Å². The van der Waals surface area contributed by atoms with Crippen molar-refractivity contribution in [1.82, 2.24) is 4.98 Å². The van der Waals surface area contributed by atoms with E-state index >= 15 is 0 Å². The maximum absolute atomic E-state index is 13.7. The molecule has 2 N–H and O–H groups in total. The first kappa shape index (κ1) is 20.5. The highest BCUT2D eigenvalue weighted by Crippen LogP contribution is 2.68. The molecule has 2 aliphatic heterocycles. The number of imide groups is 1. The zero-order chi connectivity index (χ0) is 23.3. The molecule has 3 heterocycles. The number of phenols is 1. The molecule has 0 unspecified atom stereocenters. The van der Waals surface area contributed by atoms with Crippen LogP contribution in [0.1, 0.15) is 28.3 Å². The number of amides is 2. The minimum Gasteiger partial charge on any atom is -0.508 e.